The molecule has 20 heavy (non-hydrogen) atoms. The van der Waals surface area contributed by atoms with E-state index in [-0.39, 0.29) is 11.9 Å². The van der Waals surface area contributed by atoms with E-state index in [1.165, 1.54) is 12.7 Å². The number of nitrogens with one attached hydrogen (secondary N) is 1. The van der Waals surface area contributed by atoms with E-state index in [2.05, 4.69) is 17.4 Å². The van der Waals surface area contributed by atoms with Crippen molar-refractivity contribution in [2.24, 2.45) is 0 Å². The van der Waals surface area contributed by atoms with Crippen molar-refractivity contribution in [1.82, 2.24) is 5.32 Å². The molecule has 0 aliphatic heterocycles. The Kier molecular flexibility index (Phi) is 5.33. The van der Waals surface area contributed by atoms with Crippen molar-refractivity contribution in [3.63, 3.8) is 0 Å². The summed E-state index contributed by atoms with van der Waals surface area (Å²) in [6.07, 6.45) is 0. The van der Waals surface area contributed by atoms with E-state index in [9.17, 15) is 4.79 Å². The summed E-state index contributed by atoms with van der Waals surface area (Å²) in [7, 11) is 1.43. The van der Waals surface area contributed by atoms with Crippen LogP contribution in [-0.4, -0.2) is 19.6 Å². The van der Waals surface area contributed by atoms with Crippen molar-refractivity contribution >= 4 is 5.97 Å². The van der Waals surface area contributed by atoms with Gasteiger partial charge in [-0.25, -0.2) is 0 Å². The Bertz CT molecular complexity index is 525. The Labute approximate surface area is 119 Å². The van der Waals surface area contributed by atoms with Crippen LogP contribution in [0.3, 0.4) is 0 Å². The average molecular weight is 269 g/mol. The van der Waals surface area contributed by atoms with Crippen LogP contribution in [0, 0.1) is 0 Å². The second-order valence-electron chi connectivity index (χ2n) is 4.60. The van der Waals surface area contributed by atoms with E-state index in [1.54, 1.807) is 0 Å². The fourth-order valence-electron chi connectivity index (χ4n) is 2.12. The Balaban J connectivity index is 1.97. The topological polar surface area (TPSA) is 38.3 Å². The molecule has 0 unspecified atom stereocenters. The second kappa shape index (κ2) is 7.46. The third kappa shape index (κ3) is 3.93. The summed E-state index contributed by atoms with van der Waals surface area (Å²) in [6, 6.07) is 19.8. The summed E-state index contributed by atoms with van der Waals surface area (Å²) >= 11 is 0. The molecule has 0 bridgehead atoms. The number of benzene rings is 2. The molecule has 1 N–H and O–H groups in total. The van der Waals surface area contributed by atoms with Crippen LogP contribution in [0.25, 0.3) is 0 Å². The molecule has 2 aromatic rings. The van der Waals surface area contributed by atoms with Crippen molar-refractivity contribution in [2.75, 3.05) is 13.7 Å². The first-order valence-electron chi connectivity index (χ1n) is 6.68. The molecule has 104 valence electrons. The van der Waals surface area contributed by atoms with Gasteiger partial charge in [-0.15, -0.1) is 0 Å². The van der Waals surface area contributed by atoms with Gasteiger partial charge in [0.2, 0.25) is 0 Å². The number of carbonyl (C=O) groups is 1. The first-order valence-corrected chi connectivity index (χ1v) is 6.68. The van der Waals surface area contributed by atoms with Gasteiger partial charge in [0, 0.05) is 13.1 Å². The fourth-order valence-corrected chi connectivity index (χ4v) is 2.12. The van der Waals surface area contributed by atoms with Crippen molar-refractivity contribution in [3.8, 4) is 0 Å². The molecular weight excluding hydrogens is 250 g/mol. The summed E-state index contributed by atoms with van der Waals surface area (Å²) in [5, 5.41) is 3.31. The number of carbonyl (C=O) groups excluding carboxylic acids is 1. The summed E-state index contributed by atoms with van der Waals surface area (Å²) in [5.41, 5.74) is 2.17. The number of hydrogen-bond acceptors (Lipinski definition) is 3. The van der Waals surface area contributed by atoms with Gasteiger partial charge in [0.05, 0.1) is 13.0 Å². The Morgan fingerprint density at radius 3 is 2.25 bits per heavy atom. The number of rotatable bonds is 6. The highest BCUT2D eigenvalue weighted by Crippen LogP contribution is 2.16. The molecule has 0 spiro atoms. The monoisotopic (exact) mass is 269 g/mol. The van der Waals surface area contributed by atoms with Crippen LogP contribution in [0.15, 0.2) is 60.7 Å². The highest BCUT2D eigenvalue weighted by atomic mass is 16.5. The van der Waals surface area contributed by atoms with Gasteiger partial charge in [-0.2, -0.15) is 0 Å². The van der Waals surface area contributed by atoms with Gasteiger partial charge in [0.1, 0.15) is 0 Å². The number of methoxy groups -OCH3 is 1. The molecule has 0 aromatic heterocycles. The molecule has 0 aliphatic rings. The lowest BCUT2D eigenvalue weighted by molar-refractivity contribution is -0.142. The van der Waals surface area contributed by atoms with Crippen molar-refractivity contribution in [2.45, 2.75) is 12.5 Å². The summed E-state index contributed by atoms with van der Waals surface area (Å²) in [4.78, 5) is 11.9. The van der Waals surface area contributed by atoms with Gasteiger partial charge < -0.3 is 10.1 Å². The van der Waals surface area contributed by atoms with Crippen LogP contribution in [0.4, 0.5) is 0 Å². The van der Waals surface area contributed by atoms with Crippen LogP contribution in [0.1, 0.15) is 17.0 Å². The van der Waals surface area contributed by atoms with E-state index in [1.807, 2.05) is 48.5 Å². The third-order valence-electron chi connectivity index (χ3n) is 3.21. The van der Waals surface area contributed by atoms with Crippen LogP contribution in [0.5, 0.6) is 0 Å². The molecule has 0 saturated carbocycles. The van der Waals surface area contributed by atoms with Gasteiger partial charge in [-0.05, 0) is 11.1 Å². The van der Waals surface area contributed by atoms with E-state index in [4.69, 9.17) is 4.74 Å². The summed E-state index contributed by atoms with van der Waals surface area (Å²) in [6.45, 7) is 1.30. The average Bonchev–Trinajstić information content (AvgIpc) is 2.53. The third-order valence-corrected chi connectivity index (χ3v) is 3.21. The smallest absolute Gasteiger partial charge is 0.314 e. The van der Waals surface area contributed by atoms with Gasteiger partial charge in [0.15, 0.2) is 0 Å². The van der Waals surface area contributed by atoms with E-state index in [0.29, 0.717) is 6.54 Å². The van der Waals surface area contributed by atoms with Gasteiger partial charge >= 0.3 is 5.97 Å². The molecule has 3 heteroatoms. The maximum atomic E-state index is 11.9. The predicted octanol–water partition coefficient (Wildman–Crippen LogP) is 2.73. The molecule has 2 rings (SSSR count). The van der Waals surface area contributed by atoms with Crippen molar-refractivity contribution in [3.05, 3.63) is 71.8 Å². The highest BCUT2D eigenvalue weighted by Gasteiger charge is 2.20. The minimum absolute atomic E-state index is 0.211. The van der Waals surface area contributed by atoms with Crippen LogP contribution < -0.4 is 5.32 Å². The molecule has 0 aliphatic carbocycles. The Hall–Kier alpha value is -2.13. The predicted molar refractivity (Wildman–Crippen MR) is 79.3 cm³/mol. The summed E-state index contributed by atoms with van der Waals surface area (Å²) < 4.78 is 4.89. The van der Waals surface area contributed by atoms with E-state index >= 15 is 0 Å². The second-order valence-corrected chi connectivity index (χ2v) is 4.60. The largest absolute Gasteiger partial charge is 0.469 e. The lowest BCUT2D eigenvalue weighted by atomic mass is 9.99. The highest BCUT2D eigenvalue weighted by molar-refractivity contribution is 5.78. The molecule has 1 atom stereocenters. The minimum Gasteiger partial charge on any atom is -0.469 e. The molecule has 0 saturated heterocycles. The van der Waals surface area contributed by atoms with E-state index < -0.39 is 0 Å². The number of hydrogen-bond donors (Lipinski definition) is 1. The maximum Gasteiger partial charge on any atom is 0.314 e. The van der Waals surface area contributed by atoms with Gasteiger partial charge in [-0.1, -0.05) is 60.7 Å². The zero-order valence-corrected chi connectivity index (χ0v) is 11.6. The SMILES string of the molecule is COC(=O)[C@@H](CNCc1ccccc1)c1ccccc1. The summed E-state index contributed by atoms with van der Waals surface area (Å²) in [5.74, 6) is -0.485. The molecule has 3 nitrogen and oxygen atoms in total. The Morgan fingerprint density at radius 1 is 1.05 bits per heavy atom. The van der Waals surface area contributed by atoms with Gasteiger partial charge in [-0.3, -0.25) is 4.79 Å². The van der Waals surface area contributed by atoms with Crippen LogP contribution in [0.2, 0.25) is 0 Å². The number of esters is 1. The molecular formula is C17H19NO2. The normalized spacial score (nSPS) is 11.8. The zero-order chi connectivity index (χ0) is 14.2. The first-order chi connectivity index (χ1) is 9.81. The quantitative estimate of drug-likeness (QED) is 0.819. The molecule has 0 amide bonds. The standard InChI is InChI=1S/C17H19NO2/c1-20-17(19)16(15-10-6-3-7-11-15)13-18-12-14-8-4-2-5-9-14/h2-11,16,18H,12-13H2,1H3/t16-/m0/s1. The van der Waals surface area contributed by atoms with E-state index in [0.717, 1.165) is 12.1 Å². The zero-order valence-electron chi connectivity index (χ0n) is 11.6. The lowest BCUT2D eigenvalue weighted by Crippen LogP contribution is -2.27. The number of ether oxygens (including phenoxy) is 1. The molecule has 0 heterocycles. The first kappa shape index (κ1) is 14.3. The maximum absolute atomic E-state index is 11.9. The van der Waals surface area contributed by atoms with Gasteiger partial charge in [0.25, 0.3) is 0 Å². The Morgan fingerprint density at radius 2 is 1.65 bits per heavy atom. The van der Waals surface area contributed by atoms with Crippen LogP contribution >= 0.6 is 0 Å². The lowest BCUT2D eigenvalue weighted by Gasteiger charge is -2.16. The van der Waals surface area contributed by atoms with Crippen molar-refractivity contribution in [1.29, 1.82) is 0 Å². The molecule has 0 fully saturated rings. The fraction of sp³-hybridized carbons (Fsp3) is 0.235. The molecule has 0 radical (unpaired) electrons. The minimum atomic E-state index is -0.273. The van der Waals surface area contributed by atoms with Crippen LogP contribution in [-0.2, 0) is 16.1 Å². The molecule has 2 aromatic carbocycles. The van der Waals surface area contributed by atoms with Crippen molar-refractivity contribution < 1.29 is 9.53 Å².